The van der Waals surface area contributed by atoms with E-state index in [1.807, 2.05) is 0 Å². The summed E-state index contributed by atoms with van der Waals surface area (Å²) in [6, 6.07) is 5.23. The first-order valence-corrected chi connectivity index (χ1v) is 16.0. The molecule has 1 saturated carbocycles. The number of carbonyl (C=O) groups excluding carboxylic acids is 2. The lowest BCUT2D eigenvalue weighted by Gasteiger charge is -2.42. The van der Waals surface area contributed by atoms with E-state index in [0.717, 1.165) is 30.3 Å². The minimum absolute atomic E-state index is 0.00391. The van der Waals surface area contributed by atoms with Crippen LogP contribution in [0.25, 0.3) is 0 Å². The number of aryl methyl sites for hydroxylation is 1. The zero-order valence-electron chi connectivity index (χ0n) is 24.1. The lowest BCUT2D eigenvalue weighted by Crippen LogP contribution is -2.51. The van der Waals surface area contributed by atoms with Gasteiger partial charge < -0.3 is 15.3 Å². The molecule has 1 saturated heterocycles. The maximum Gasteiger partial charge on any atom is 0.435 e. The number of likely N-dealkylation sites (tertiary alicyclic amines) is 1. The summed E-state index contributed by atoms with van der Waals surface area (Å²) in [5.41, 5.74) is -7.81. The molecule has 5 rings (SSSR count). The predicted molar refractivity (Wildman–Crippen MR) is 146 cm³/mol. The first-order valence-electron chi connectivity index (χ1n) is 14.5. The highest BCUT2D eigenvalue weighted by Gasteiger charge is 2.74. The molecule has 2 N–H and O–H groups in total. The van der Waals surface area contributed by atoms with E-state index in [1.54, 1.807) is 0 Å². The Morgan fingerprint density at radius 3 is 2.22 bits per heavy atom. The SMILES string of the molecule is O=C(NCC1CCN(C(=O)CO)C1)[C@@H]1CC[C@@]2(S(=O)(=O)c3ccc(F)cc3)c3ccc(C(F)(C(F)(F)F)C(F)(F)F)cc3CC[C@@H]12. The Kier molecular flexibility index (Phi) is 8.71. The average molecular weight is 683 g/mol. The van der Waals surface area contributed by atoms with Crippen molar-refractivity contribution in [3.63, 3.8) is 0 Å². The van der Waals surface area contributed by atoms with Gasteiger partial charge in [0, 0.05) is 31.1 Å². The number of aliphatic hydroxyl groups is 1. The number of hydrogen-bond donors (Lipinski definition) is 2. The van der Waals surface area contributed by atoms with Crippen LogP contribution in [-0.2, 0) is 36.3 Å². The molecule has 0 aromatic heterocycles. The topological polar surface area (TPSA) is 104 Å². The molecule has 7 nitrogen and oxygen atoms in total. The molecule has 0 spiro atoms. The van der Waals surface area contributed by atoms with Crippen LogP contribution in [0.1, 0.15) is 42.4 Å². The van der Waals surface area contributed by atoms with Crippen molar-refractivity contribution in [3.05, 3.63) is 65.0 Å². The van der Waals surface area contributed by atoms with Crippen molar-refractivity contribution in [2.24, 2.45) is 17.8 Å². The largest absolute Gasteiger partial charge is 0.435 e. The summed E-state index contributed by atoms with van der Waals surface area (Å²) < 4.78 is 137. The van der Waals surface area contributed by atoms with Crippen molar-refractivity contribution in [1.82, 2.24) is 10.2 Å². The summed E-state index contributed by atoms with van der Waals surface area (Å²) in [6.45, 7) is 0.155. The lowest BCUT2D eigenvalue weighted by molar-refractivity contribution is -0.348. The third-order valence-corrected chi connectivity index (χ3v) is 12.2. The molecule has 0 bridgehead atoms. The van der Waals surface area contributed by atoms with Crippen LogP contribution in [0.3, 0.4) is 0 Å². The molecule has 2 fully saturated rings. The number of sulfone groups is 1. The van der Waals surface area contributed by atoms with E-state index >= 15 is 0 Å². The number of fused-ring (bicyclic) bond motifs is 3. The van der Waals surface area contributed by atoms with Gasteiger partial charge in [-0.25, -0.2) is 17.2 Å². The number of aliphatic hydroxyl groups excluding tert-OH is 1. The smallest absolute Gasteiger partial charge is 0.387 e. The van der Waals surface area contributed by atoms with Gasteiger partial charge in [-0.05, 0) is 79.3 Å². The fourth-order valence-electron chi connectivity index (χ4n) is 7.40. The normalized spacial score (nSPS) is 25.2. The second-order valence-electron chi connectivity index (χ2n) is 12.1. The molecule has 16 heteroatoms. The van der Waals surface area contributed by atoms with Crippen LogP contribution < -0.4 is 5.32 Å². The molecule has 252 valence electrons. The minimum atomic E-state index is -6.37. The number of nitrogens with one attached hydrogen (secondary N) is 1. The summed E-state index contributed by atoms with van der Waals surface area (Å²) in [7, 11) is -4.57. The Morgan fingerprint density at radius 1 is 0.957 bits per heavy atom. The van der Waals surface area contributed by atoms with Crippen LogP contribution in [-0.4, -0.2) is 68.8 Å². The molecule has 2 aliphatic carbocycles. The van der Waals surface area contributed by atoms with E-state index in [2.05, 4.69) is 5.32 Å². The Labute approximate surface area is 258 Å². The highest BCUT2D eigenvalue weighted by atomic mass is 32.2. The zero-order chi connectivity index (χ0) is 33.9. The number of carbonyl (C=O) groups is 2. The van der Waals surface area contributed by atoms with Gasteiger partial charge in [0.05, 0.1) is 4.90 Å². The molecule has 2 aromatic rings. The Bertz CT molecular complexity index is 1600. The number of rotatable bonds is 7. The first-order chi connectivity index (χ1) is 21.4. The van der Waals surface area contributed by atoms with E-state index in [9.17, 15) is 53.1 Å². The summed E-state index contributed by atoms with van der Waals surface area (Å²) >= 11 is 0. The van der Waals surface area contributed by atoms with Crippen molar-refractivity contribution in [3.8, 4) is 0 Å². The van der Waals surface area contributed by atoms with Crippen LogP contribution in [0.15, 0.2) is 47.4 Å². The first kappa shape index (κ1) is 34.1. The molecule has 1 heterocycles. The Hall–Kier alpha value is -3.27. The highest BCUT2D eigenvalue weighted by Crippen LogP contribution is 2.60. The second kappa shape index (κ2) is 11.8. The minimum Gasteiger partial charge on any atom is -0.387 e. The lowest BCUT2D eigenvalue weighted by atomic mass is 9.72. The van der Waals surface area contributed by atoms with Crippen LogP contribution >= 0.6 is 0 Å². The van der Waals surface area contributed by atoms with Gasteiger partial charge in [-0.1, -0.05) is 18.2 Å². The van der Waals surface area contributed by atoms with Gasteiger partial charge in [-0.2, -0.15) is 26.3 Å². The average Bonchev–Trinajstić information content (AvgIpc) is 3.64. The molecule has 1 unspecified atom stereocenters. The zero-order valence-corrected chi connectivity index (χ0v) is 24.9. The van der Waals surface area contributed by atoms with Crippen molar-refractivity contribution in [2.75, 3.05) is 26.2 Å². The highest BCUT2D eigenvalue weighted by molar-refractivity contribution is 7.92. The number of amides is 2. The van der Waals surface area contributed by atoms with Gasteiger partial charge >= 0.3 is 18.0 Å². The van der Waals surface area contributed by atoms with Crippen LogP contribution in [0.2, 0.25) is 0 Å². The second-order valence-corrected chi connectivity index (χ2v) is 14.3. The summed E-state index contributed by atoms with van der Waals surface area (Å²) in [4.78, 5) is 26.4. The van der Waals surface area contributed by atoms with Gasteiger partial charge in [-0.3, -0.25) is 9.59 Å². The third kappa shape index (κ3) is 5.34. The summed E-state index contributed by atoms with van der Waals surface area (Å²) in [5, 5.41) is 11.9. The standard InChI is InChI=1S/C30H30F8N2O5S/c31-20-3-5-21(6-4-20)46(44,45)27-11-9-22(26(43)39-14-17-10-12-40(15-17)25(42)16-41)24(27)7-1-18-13-19(2-8-23(18)27)28(32,29(33,34)35)30(36,37)38/h2-6,8,13,17,22,24,41H,1,7,9-12,14-16H2,(H,39,43)/t17?,22-,24+,27-/m1/s1. The summed E-state index contributed by atoms with van der Waals surface area (Å²) in [5.74, 6) is -3.76. The fourth-order valence-corrected chi connectivity index (χ4v) is 9.87. The Morgan fingerprint density at radius 2 is 1.61 bits per heavy atom. The van der Waals surface area contributed by atoms with Crippen LogP contribution in [0.5, 0.6) is 0 Å². The molecule has 46 heavy (non-hydrogen) atoms. The molecule has 0 radical (unpaired) electrons. The number of benzene rings is 2. The Balaban J connectivity index is 1.53. The fraction of sp³-hybridized carbons (Fsp3) is 0.533. The van der Waals surface area contributed by atoms with E-state index in [-0.39, 0.29) is 66.8 Å². The molecule has 2 amide bonds. The summed E-state index contributed by atoms with van der Waals surface area (Å²) in [6.07, 6.45) is -12.8. The van der Waals surface area contributed by atoms with E-state index in [4.69, 9.17) is 5.11 Å². The number of alkyl halides is 7. The molecule has 4 atom stereocenters. The van der Waals surface area contributed by atoms with Crippen LogP contribution in [0, 0.1) is 23.6 Å². The van der Waals surface area contributed by atoms with Crippen molar-refractivity contribution in [1.29, 1.82) is 0 Å². The number of nitrogens with zero attached hydrogens (tertiary/aromatic N) is 1. The predicted octanol–water partition coefficient (Wildman–Crippen LogP) is 4.71. The maximum absolute atomic E-state index is 15.0. The van der Waals surface area contributed by atoms with Crippen molar-refractivity contribution in [2.45, 2.75) is 59.8 Å². The van der Waals surface area contributed by atoms with Crippen molar-refractivity contribution < 1.29 is 58.2 Å². The van der Waals surface area contributed by atoms with Gasteiger partial charge in [-0.15, -0.1) is 0 Å². The molecular weight excluding hydrogens is 652 g/mol. The van der Waals surface area contributed by atoms with E-state index in [0.29, 0.717) is 19.0 Å². The van der Waals surface area contributed by atoms with E-state index in [1.165, 1.54) is 4.90 Å². The van der Waals surface area contributed by atoms with Gasteiger partial charge in [0.15, 0.2) is 9.84 Å². The van der Waals surface area contributed by atoms with Gasteiger partial charge in [0.25, 0.3) is 0 Å². The number of hydrogen-bond acceptors (Lipinski definition) is 5. The number of halogens is 8. The monoisotopic (exact) mass is 682 g/mol. The van der Waals surface area contributed by atoms with Gasteiger partial charge in [0.2, 0.25) is 11.8 Å². The quantitative estimate of drug-likeness (QED) is 0.326. The molecule has 3 aliphatic rings. The molecule has 2 aromatic carbocycles. The molecule has 1 aliphatic heterocycles. The van der Waals surface area contributed by atoms with E-state index < -0.39 is 74.2 Å². The maximum atomic E-state index is 15.0. The van der Waals surface area contributed by atoms with Crippen molar-refractivity contribution >= 4 is 21.7 Å². The third-order valence-electron chi connectivity index (χ3n) is 9.66. The van der Waals surface area contributed by atoms with Crippen LogP contribution in [0.4, 0.5) is 35.1 Å². The molecular formula is C30H30F8N2O5S. The van der Waals surface area contributed by atoms with Gasteiger partial charge in [0.1, 0.15) is 17.2 Å².